The molecule has 4 heterocycles. The Kier molecular flexibility index (Phi) is 19.9. The number of aliphatic hydroxyl groups excluding tert-OH is 1. The van der Waals surface area contributed by atoms with Crippen molar-refractivity contribution in [3.05, 3.63) is 18.3 Å². The van der Waals surface area contributed by atoms with E-state index in [1.807, 2.05) is 55.6 Å². The predicted molar refractivity (Wildman–Crippen MR) is 245 cm³/mol. The van der Waals surface area contributed by atoms with Gasteiger partial charge in [-0.25, -0.2) is 4.98 Å². The Morgan fingerprint density at radius 1 is 0.985 bits per heavy atom. The summed E-state index contributed by atoms with van der Waals surface area (Å²) in [5.74, 6) is -2.00. The lowest BCUT2D eigenvalue weighted by Crippen LogP contribution is -2.70. The summed E-state index contributed by atoms with van der Waals surface area (Å²) in [6, 6.07) is 2.72. The van der Waals surface area contributed by atoms with Crippen LogP contribution >= 0.6 is 0 Å². The van der Waals surface area contributed by atoms with Gasteiger partial charge in [0.1, 0.15) is 29.0 Å². The van der Waals surface area contributed by atoms with Crippen LogP contribution in [0.15, 0.2) is 18.3 Å². The number of rotatable bonds is 15. The molecule has 0 radical (unpaired) electrons. The molecule has 376 valence electrons. The molecule has 4 rings (SSSR count). The van der Waals surface area contributed by atoms with E-state index in [2.05, 4.69) is 20.5 Å². The number of aromatic nitrogens is 1. The van der Waals surface area contributed by atoms with Gasteiger partial charge < -0.3 is 73.9 Å². The minimum atomic E-state index is -1.83. The Labute approximate surface area is 388 Å². The number of nitrogens with zero attached hydrogens (tertiary/aromatic N) is 2. The summed E-state index contributed by atoms with van der Waals surface area (Å²) in [5, 5.41) is 55.1. The van der Waals surface area contributed by atoms with Gasteiger partial charge in [-0.05, 0) is 126 Å². The Morgan fingerprint density at radius 2 is 1.68 bits per heavy atom. The smallest absolute Gasteiger partial charge is 0.311 e. The summed E-state index contributed by atoms with van der Waals surface area (Å²) < 4.78 is 52.2. The van der Waals surface area contributed by atoms with E-state index in [1.54, 1.807) is 60.1 Å². The molecule has 0 unspecified atom stereocenters. The minimum Gasteiger partial charge on any atom is -0.478 e. The van der Waals surface area contributed by atoms with E-state index in [-0.39, 0.29) is 43.9 Å². The molecule has 3 aliphatic rings. The summed E-state index contributed by atoms with van der Waals surface area (Å²) in [7, 11) is 5.48. The summed E-state index contributed by atoms with van der Waals surface area (Å²) in [6.07, 6.45) is -4.82. The lowest BCUT2D eigenvalue weighted by Gasteiger charge is -2.53. The van der Waals surface area contributed by atoms with Crippen LogP contribution in [-0.4, -0.2) is 174 Å². The number of hydrogen-bond donors (Lipinski definition) is 6. The van der Waals surface area contributed by atoms with E-state index in [4.69, 9.17) is 37.9 Å². The summed E-state index contributed by atoms with van der Waals surface area (Å²) >= 11 is 0. The Morgan fingerprint density at radius 3 is 2.29 bits per heavy atom. The van der Waals surface area contributed by atoms with Gasteiger partial charge >= 0.3 is 5.97 Å². The van der Waals surface area contributed by atoms with Crippen LogP contribution in [0.1, 0.15) is 115 Å². The van der Waals surface area contributed by atoms with E-state index in [9.17, 15) is 25.2 Å². The molecule has 1 aromatic heterocycles. The van der Waals surface area contributed by atoms with Crippen LogP contribution in [0.5, 0.6) is 11.6 Å². The maximum absolute atomic E-state index is 14.6. The van der Waals surface area contributed by atoms with Gasteiger partial charge in [-0.3, -0.25) is 4.79 Å². The van der Waals surface area contributed by atoms with E-state index < -0.39 is 95.5 Å². The maximum atomic E-state index is 14.6. The standard InChI is InChI=1S/C48H86N4O13/c1-16-21-49-27-48(57)33(9)61-37(25-46(48,11)58-15)64-38-30(6)41(65-44-39(34(52(13)14)23-29(5)60-44)62-35-20-19-22-50-42(35)59-18-3)45(10,55)24-28(4)26-51-32(8)40(53)47(12,56)36(17-2)63-43(54)31(38)7/h19-20,22,28-34,36-41,44,49,51,53,55-57H,16-18,21,23-27H2,1-15H3/t28-,29-,30+,31-,32-,33+,34+,36-,37+,38+,39-,40-,41-,44+,45-,46-,47-,48+/m1/s1. The van der Waals surface area contributed by atoms with Crippen LogP contribution in [0.2, 0.25) is 0 Å². The molecular formula is C48H86N4O13. The zero-order valence-electron chi connectivity index (χ0n) is 42.0. The maximum Gasteiger partial charge on any atom is 0.311 e. The molecule has 3 saturated heterocycles. The first-order chi connectivity index (χ1) is 30.4. The van der Waals surface area contributed by atoms with Crippen molar-refractivity contribution in [3.63, 3.8) is 0 Å². The van der Waals surface area contributed by atoms with Gasteiger partial charge in [0.05, 0.1) is 48.6 Å². The fourth-order valence-corrected chi connectivity index (χ4v) is 10.2. The quantitative estimate of drug-likeness (QED) is 0.109. The first kappa shape index (κ1) is 55.3. The summed E-state index contributed by atoms with van der Waals surface area (Å²) in [6.45, 7) is 23.4. The molecule has 0 aromatic carbocycles. The van der Waals surface area contributed by atoms with Crippen LogP contribution in [0.3, 0.4) is 0 Å². The number of nitrogens with one attached hydrogen (secondary N) is 2. The van der Waals surface area contributed by atoms with Gasteiger partial charge in [0, 0.05) is 38.2 Å². The number of esters is 1. The van der Waals surface area contributed by atoms with E-state index >= 15 is 0 Å². The van der Waals surface area contributed by atoms with Crippen molar-refractivity contribution >= 4 is 5.97 Å². The molecule has 0 bridgehead atoms. The molecule has 3 fully saturated rings. The second-order valence-electron chi connectivity index (χ2n) is 20.0. The van der Waals surface area contributed by atoms with Crippen LogP contribution in [0.4, 0.5) is 0 Å². The van der Waals surface area contributed by atoms with Crippen molar-refractivity contribution in [1.82, 2.24) is 20.5 Å². The molecule has 17 nitrogen and oxygen atoms in total. The Bertz CT molecular complexity index is 1620. The summed E-state index contributed by atoms with van der Waals surface area (Å²) in [4.78, 5) is 21.1. The van der Waals surface area contributed by atoms with Crippen LogP contribution < -0.4 is 20.1 Å². The molecule has 6 N–H and O–H groups in total. The zero-order chi connectivity index (χ0) is 48.7. The largest absolute Gasteiger partial charge is 0.478 e. The Balaban J connectivity index is 1.88. The monoisotopic (exact) mass is 927 g/mol. The molecule has 18 atom stereocenters. The second-order valence-corrected chi connectivity index (χ2v) is 20.0. The molecule has 0 saturated carbocycles. The van der Waals surface area contributed by atoms with Crippen molar-refractivity contribution in [3.8, 4) is 11.6 Å². The Hall–Kier alpha value is -2.26. The summed E-state index contributed by atoms with van der Waals surface area (Å²) in [5.41, 5.74) is -6.04. The van der Waals surface area contributed by atoms with E-state index in [1.165, 1.54) is 6.92 Å². The number of likely N-dealkylation sites (N-methyl/N-ethyl adjacent to an activating group) is 1. The van der Waals surface area contributed by atoms with Crippen molar-refractivity contribution in [2.24, 2.45) is 17.8 Å². The third-order valence-electron chi connectivity index (χ3n) is 14.3. The van der Waals surface area contributed by atoms with Gasteiger partial charge in [-0.2, -0.15) is 0 Å². The number of methoxy groups -OCH3 is 1. The number of aliphatic hydroxyl groups is 4. The number of cyclic esters (lactones) is 1. The topological polar surface area (TPSA) is 212 Å². The molecule has 0 amide bonds. The zero-order valence-corrected chi connectivity index (χ0v) is 42.0. The molecule has 65 heavy (non-hydrogen) atoms. The van der Waals surface area contributed by atoms with Crippen molar-refractivity contribution in [2.45, 2.75) is 205 Å². The molecule has 17 heteroatoms. The van der Waals surface area contributed by atoms with Crippen LogP contribution in [-0.2, 0) is 33.2 Å². The first-order valence-corrected chi connectivity index (χ1v) is 24.0. The van der Waals surface area contributed by atoms with Gasteiger partial charge in [0.2, 0.25) is 0 Å². The van der Waals surface area contributed by atoms with Gasteiger partial charge in [-0.1, -0.05) is 27.7 Å². The minimum absolute atomic E-state index is 0.0844. The number of carbonyl (C=O) groups excluding carboxylic acids is 1. The number of hydrogen-bond acceptors (Lipinski definition) is 17. The van der Waals surface area contributed by atoms with Crippen molar-refractivity contribution in [1.29, 1.82) is 0 Å². The lowest BCUT2D eigenvalue weighted by molar-refractivity contribution is -0.335. The fraction of sp³-hybridized carbons (Fsp3) is 0.875. The number of carbonyl (C=O) groups is 1. The van der Waals surface area contributed by atoms with Crippen molar-refractivity contribution < 1.29 is 63.1 Å². The normalized spacial score (nSPS) is 42.7. The second kappa shape index (κ2) is 23.4. The van der Waals surface area contributed by atoms with Crippen LogP contribution in [0.25, 0.3) is 0 Å². The third-order valence-corrected chi connectivity index (χ3v) is 14.3. The molecule has 3 aliphatic heterocycles. The number of pyridine rings is 1. The van der Waals surface area contributed by atoms with Gasteiger partial charge in [-0.15, -0.1) is 0 Å². The van der Waals surface area contributed by atoms with E-state index in [0.717, 1.165) is 6.42 Å². The first-order valence-electron chi connectivity index (χ1n) is 24.0. The SMILES string of the molecule is CCCNC[C@]1(O)[C@H](C)O[C@@H](O[C@H]2[C@H](C)[C@@H](O[C@@H]3O[C@H](C)C[C@H](N(C)C)[C@H]3Oc3cccnc3OCC)[C@](C)(O)C[C@@H](C)CN[C@H](C)[C@@H](O)[C@](C)(O)[C@@H](CC)OC(=O)[C@@H]2C)C[C@@]1(C)OC. The van der Waals surface area contributed by atoms with Gasteiger partial charge in [0.15, 0.2) is 24.4 Å². The fourth-order valence-electron chi connectivity index (χ4n) is 10.2. The molecule has 1 aromatic rings. The highest BCUT2D eigenvalue weighted by Crippen LogP contribution is 2.43. The van der Waals surface area contributed by atoms with Crippen LogP contribution in [0, 0.1) is 17.8 Å². The lowest BCUT2D eigenvalue weighted by atomic mass is 9.75. The number of ether oxygens (including phenoxy) is 8. The molecule has 0 aliphatic carbocycles. The van der Waals surface area contributed by atoms with E-state index in [0.29, 0.717) is 37.7 Å². The van der Waals surface area contributed by atoms with Crippen molar-refractivity contribution in [2.75, 3.05) is 47.4 Å². The molecular weight excluding hydrogens is 841 g/mol. The highest BCUT2D eigenvalue weighted by Gasteiger charge is 2.58. The van der Waals surface area contributed by atoms with Gasteiger partial charge in [0.25, 0.3) is 5.88 Å². The average molecular weight is 927 g/mol. The average Bonchev–Trinajstić information content (AvgIpc) is 3.24. The highest BCUT2D eigenvalue weighted by molar-refractivity contribution is 5.73. The molecule has 0 spiro atoms. The highest BCUT2D eigenvalue weighted by atomic mass is 16.7. The third kappa shape index (κ3) is 12.9. The predicted octanol–water partition coefficient (Wildman–Crippen LogP) is 3.81.